The van der Waals surface area contributed by atoms with E-state index in [9.17, 15) is 4.79 Å². The number of amides is 1. The summed E-state index contributed by atoms with van der Waals surface area (Å²) in [7, 11) is 1.69. The van der Waals surface area contributed by atoms with Crippen LogP contribution in [0.3, 0.4) is 0 Å². The average molecular weight is 180 g/mol. The second-order valence-electron chi connectivity index (χ2n) is 2.59. The maximum absolute atomic E-state index is 11.0. The molecule has 0 unspecified atom stereocenters. The Balaban J connectivity index is 3.52. The Bertz CT molecular complexity index is 238. The number of hydrogen-bond donors (Lipinski definition) is 1. The van der Waals surface area contributed by atoms with Crippen LogP contribution in [0.2, 0.25) is 0 Å². The minimum absolute atomic E-state index is 0.159. The van der Waals surface area contributed by atoms with Crippen LogP contribution in [0.4, 0.5) is 0 Å². The molecule has 0 aromatic carbocycles. The van der Waals surface area contributed by atoms with Crippen molar-refractivity contribution in [2.45, 2.75) is 6.42 Å². The predicted molar refractivity (Wildman–Crippen MR) is 46.3 cm³/mol. The number of rotatable bonds is 5. The summed E-state index contributed by atoms with van der Waals surface area (Å²) in [5, 5.41) is 19.0. The normalized spacial score (nSPS) is 8.92. The lowest BCUT2D eigenvalue weighted by Crippen LogP contribution is -2.35. The molecule has 1 N–H and O–H groups in total. The van der Waals surface area contributed by atoms with Crippen molar-refractivity contribution in [1.82, 2.24) is 10.2 Å². The third-order valence-electron chi connectivity index (χ3n) is 1.31. The van der Waals surface area contributed by atoms with Crippen LogP contribution in [0.5, 0.6) is 0 Å². The van der Waals surface area contributed by atoms with Gasteiger partial charge in [-0.3, -0.25) is 9.69 Å². The van der Waals surface area contributed by atoms with E-state index in [2.05, 4.69) is 5.32 Å². The van der Waals surface area contributed by atoms with Gasteiger partial charge in [-0.1, -0.05) is 0 Å². The van der Waals surface area contributed by atoms with Crippen molar-refractivity contribution in [3.05, 3.63) is 0 Å². The molecule has 0 bridgehead atoms. The molecule has 0 fully saturated rings. The molecule has 0 aliphatic rings. The quantitative estimate of drug-likeness (QED) is 0.455. The van der Waals surface area contributed by atoms with Gasteiger partial charge in [-0.25, -0.2) is 0 Å². The molecule has 5 heteroatoms. The number of nitriles is 2. The molecule has 0 spiro atoms. The van der Waals surface area contributed by atoms with Gasteiger partial charge in [0.05, 0.1) is 31.6 Å². The maximum Gasteiger partial charge on any atom is 0.234 e. The Hall–Kier alpha value is -1.59. The maximum atomic E-state index is 11.0. The Morgan fingerprint density at radius 3 is 2.69 bits per heavy atom. The molecule has 0 aromatic heterocycles. The van der Waals surface area contributed by atoms with Gasteiger partial charge in [-0.2, -0.15) is 10.5 Å². The molecule has 0 saturated heterocycles. The van der Waals surface area contributed by atoms with Crippen LogP contribution in [0.25, 0.3) is 0 Å². The first-order valence-electron chi connectivity index (χ1n) is 3.90. The highest BCUT2D eigenvalue weighted by Gasteiger charge is 2.04. The molecular formula is C8H12N4O. The molecule has 0 atom stereocenters. The van der Waals surface area contributed by atoms with E-state index in [4.69, 9.17) is 10.5 Å². The van der Waals surface area contributed by atoms with Crippen LogP contribution < -0.4 is 5.32 Å². The van der Waals surface area contributed by atoms with Crippen LogP contribution in [-0.2, 0) is 4.79 Å². The van der Waals surface area contributed by atoms with E-state index >= 15 is 0 Å². The molecular weight excluding hydrogens is 168 g/mol. The molecule has 0 aliphatic heterocycles. The smallest absolute Gasteiger partial charge is 0.234 e. The molecule has 0 rings (SSSR count). The van der Waals surface area contributed by atoms with Crippen LogP contribution in [0, 0.1) is 22.7 Å². The van der Waals surface area contributed by atoms with Crippen molar-refractivity contribution < 1.29 is 4.79 Å². The Morgan fingerprint density at radius 2 is 2.15 bits per heavy atom. The number of hydrogen-bond acceptors (Lipinski definition) is 4. The summed E-state index contributed by atoms with van der Waals surface area (Å²) in [6.45, 7) is 0.792. The van der Waals surface area contributed by atoms with Crippen LogP contribution >= 0.6 is 0 Å². The lowest BCUT2D eigenvalue weighted by molar-refractivity contribution is -0.121. The SMILES string of the molecule is CN(CC#N)CC(=O)NCCC#N. The third kappa shape index (κ3) is 6.79. The zero-order valence-corrected chi connectivity index (χ0v) is 7.58. The highest BCUT2D eigenvalue weighted by molar-refractivity contribution is 5.77. The summed E-state index contributed by atoms with van der Waals surface area (Å²) in [5.74, 6) is -0.159. The molecule has 0 aliphatic carbocycles. The molecule has 0 radical (unpaired) electrons. The molecule has 0 heterocycles. The molecule has 13 heavy (non-hydrogen) atoms. The number of likely N-dealkylation sites (N-methyl/N-ethyl adjacent to an activating group) is 1. The van der Waals surface area contributed by atoms with Gasteiger partial charge in [-0.15, -0.1) is 0 Å². The van der Waals surface area contributed by atoms with E-state index in [1.807, 2.05) is 12.1 Å². The molecule has 0 aromatic rings. The minimum atomic E-state index is -0.159. The molecule has 1 amide bonds. The summed E-state index contributed by atoms with van der Waals surface area (Å²) in [4.78, 5) is 12.6. The van der Waals surface area contributed by atoms with Crippen molar-refractivity contribution in [3.8, 4) is 12.1 Å². The van der Waals surface area contributed by atoms with Crippen LogP contribution in [0.1, 0.15) is 6.42 Å². The van der Waals surface area contributed by atoms with E-state index in [0.29, 0.717) is 13.0 Å². The van der Waals surface area contributed by atoms with E-state index in [1.165, 1.54) is 0 Å². The van der Waals surface area contributed by atoms with Gasteiger partial charge in [0.25, 0.3) is 0 Å². The molecule has 70 valence electrons. The summed E-state index contributed by atoms with van der Waals surface area (Å²) in [6.07, 6.45) is 0.313. The second kappa shape index (κ2) is 7.08. The topological polar surface area (TPSA) is 79.9 Å². The number of nitrogens with zero attached hydrogens (tertiary/aromatic N) is 3. The van der Waals surface area contributed by atoms with Crippen molar-refractivity contribution >= 4 is 5.91 Å². The third-order valence-corrected chi connectivity index (χ3v) is 1.31. The zero-order chi connectivity index (χ0) is 10.1. The van der Waals surface area contributed by atoms with E-state index in [1.54, 1.807) is 11.9 Å². The first kappa shape index (κ1) is 11.4. The summed E-state index contributed by atoms with van der Waals surface area (Å²) < 4.78 is 0. The van der Waals surface area contributed by atoms with E-state index in [-0.39, 0.29) is 19.0 Å². The van der Waals surface area contributed by atoms with Crippen molar-refractivity contribution in [1.29, 1.82) is 10.5 Å². The van der Waals surface area contributed by atoms with Crippen LogP contribution in [0.15, 0.2) is 0 Å². The second-order valence-corrected chi connectivity index (χ2v) is 2.59. The summed E-state index contributed by atoms with van der Waals surface area (Å²) in [5.41, 5.74) is 0. The van der Waals surface area contributed by atoms with Crippen LogP contribution in [-0.4, -0.2) is 37.5 Å². The fourth-order valence-corrected chi connectivity index (χ4v) is 0.735. The van der Waals surface area contributed by atoms with Crippen molar-refractivity contribution in [3.63, 3.8) is 0 Å². The number of carbonyl (C=O) groups is 1. The predicted octanol–water partition coefficient (Wildman–Crippen LogP) is -0.528. The van der Waals surface area contributed by atoms with Gasteiger partial charge >= 0.3 is 0 Å². The number of carbonyl (C=O) groups excluding carboxylic acids is 1. The Kier molecular flexibility index (Phi) is 6.21. The summed E-state index contributed by atoms with van der Waals surface area (Å²) >= 11 is 0. The number of nitrogens with one attached hydrogen (secondary N) is 1. The summed E-state index contributed by atoms with van der Waals surface area (Å²) in [6, 6.07) is 3.85. The van der Waals surface area contributed by atoms with Gasteiger partial charge in [0.2, 0.25) is 5.91 Å². The molecule has 5 nitrogen and oxygen atoms in total. The van der Waals surface area contributed by atoms with Gasteiger partial charge < -0.3 is 5.32 Å². The Morgan fingerprint density at radius 1 is 1.46 bits per heavy atom. The largest absolute Gasteiger partial charge is 0.354 e. The molecule has 0 saturated carbocycles. The lowest BCUT2D eigenvalue weighted by Gasteiger charge is -2.11. The highest BCUT2D eigenvalue weighted by Crippen LogP contribution is 1.80. The zero-order valence-electron chi connectivity index (χ0n) is 7.58. The average Bonchev–Trinajstić information content (AvgIpc) is 2.05. The van der Waals surface area contributed by atoms with Gasteiger partial charge in [0.15, 0.2) is 0 Å². The first-order valence-corrected chi connectivity index (χ1v) is 3.90. The van der Waals surface area contributed by atoms with E-state index in [0.717, 1.165) is 0 Å². The van der Waals surface area contributed by atoms with Crippen molar-refractivity contribution in [2.24, 2.45) is 0 Å². The fraction of sp³-hybridized carbons (Fsp3) is 0.625. The Labute approximate surface area is 77.6 Å². The van der Waals surface area contributed by atoms with E-state index < -0.39 is 0 Å². The van der Waals surface area contributed by atoms with Crippen molar-refractivity contribution in [2.75, 3.05) is 26.7 Å². The van der Waals surface area contributed by atoms with Gasteiger partial charge in [0.1, 0.15) is 0 Å². The highest BCUT2D eigenvalue weighted by atomic mass is 16.1. The monoisotopic (exact) mass is 180 g/mol. The fourth-order valence-electron chi connectivity index (χ4n) is 0.735. The minimum Gasteiger partial charge on any atom is -0.354 e. The van der Waals surface area contributed by atoms with Gasteiger partial charge in [-0.05, 0) is 7.05 Å². The standard InChI is InChI=1S/C8H12N4O/c1-12(6-4-10)7-8(13)11-5-2-3-9/h2,5-7H2,1H3,(H,11,13). The van der Waals surface area contributed by atoms with Gasteiger partial charge in [0, 0.05) is 6.54 Å². The first-order chi connectivity index (χ1) is 6.20. The lowest BCUT2D eigenvalue weighted by atomic mass is 10.4.